The van der Waals surface area contributed by atoms with Gasteiger partial charge in [-0.15, -0.1) is 34.4 Å². The fraction of sp³-hybridized carbons (Fsp3) is 0.111. The van der Waals surface area contributed by atoms with Crippen molar-refractivity contribution in [3.63, 3.8) is 0 Å². The van der Waals surface area contributed by atoms with Gasteiger partial charge in [0.1, 0.15) is 0 Å². The molecule has 0 unspecified atom stereocenters. The van der Waals surface area contributed by atoms with Gasteiger partial charge in [0.25, 0.3) is 0 Å². The molecule has 0 radical (unpaired) electrons. The number of thioether (sulfide) groups is 1. The molecule has 2 heterocycles. The second kappa shape index (κ2) is 3.64. The third-order valence-electron chi connectivity index (χ3n) is 1.55. The van der Waals surface area contributed by atoms with Crippen LogP contribution in [-0.2, 0) is 0 Å². The van der Waals surface area contributed by atoms with E-state index < -0.39 is 0 Å². The van der Waals surface area contributed by atoms with Crippen LogP contribution < -0.4 is 0 Å². The molecule has 0 aliphatic heterocycles. The van der Waals surface area contributed by atoms with E-state index in [1.54, 1.807) is 11.3 Å². The summed E-state index contributed by atoms with van der Waals surface area (Å²) in [6.45, 7) is 0. The Bertz CT molecular complexity index is 345. The minimum atomic E-state index is 1.38. The highest BCUT2D eigenvalue weighted by Gasteiger charge is 2.01. The van der Waals surface area contributed by atoms with Crippen molar-refractivity contribution in [3.8, 4) is 9.75 Å². The molecule has 12 heavy (non-hydrogen) atoms. The molecule has 2 rings (SSSR count). The summed E-state index contributed by atoms with van der Waals surface area (Å²) in [4.78, 5) is 2.76. The Balaban J connectivity index is 2.35. The van der Waals surface area contributed by atoms with Crippen LogP contribution in [0.2, 0.25) is 0 Å². The highest BCUT2D eigenvalue weighted by molar-refractivity contribution is 8.00. The van der Waals surface area contributed by atoms with Gasteiger partial charge in [0.05, 0.1) is 4.21 Å². The summed E-state index contributed by atoms with van der Waals surface area (Å²) < 4.78 is 1.39. The first-order chi connectivity index (χ1) is 5.90. The fourth-order valence-electron chi connectivity index (χ4n) is 0.981. The van der Waals surface area contributed by atoms with Crippen molar-refractivity contribution in [2.75, 3.05) is 6.26 Å². The molecule has 0 aliphatic carbocycles. The van der Waals surface area contributed by atoms with Gasteiger partial charge in [0, 0.05) is 9.75 Å². The lowest BCUT2D eigenvalue weighted by atomic mass is 10.4. The smallest absolute Gasteiger partial charge is 0.0602 e. The number of thiophene rings is 2. The second-order valence-corrected chi connectivity index (χ2v) is 5.44. The molecule has 0 atom stereocenters. The zero-order chi connectivity index (χ0) is 8.39. The molecule has 0 aromatic carbocycles. The summed E-state index contributed by atoms with van der Waals surface area (Å²) in [6.07, 6.45) is 2.12. The van der Waals surface area contributed by atoms with Crippen molar-refractivity contribution in [2.24, 2.45) is 0 Å². The minimum Gasteiger partial charge on any atom is -0.143 e. The standard InChI is InChI=1S/C9H8S3/c1-10-9-5-4-8(12-9)7-3-2-6-11-7/h2-6H,1H3. The third-order valence-corrected chi connectivity index (χ3v) is 4.78. The number of rotatable bonds is 2. The maximum atomic E-state index is 2.20. The van der Waals surface area contributed by atoms with Crippen LogP contribution in [0.5, 0.6) is 0 Å². The Hall–Kier alpha value is -0.250. The molecule has 0 saturated heterocycles. The molecule has 62 valence electrons. The Morgan fingerprint density at radius 2 is 2.08 bits per heavy atom. The van der Waals surface area contributed by atoms with Gasteiger partial charge in [-0.05, 0) is 29.8 Å². The van der Waals surface area contributed by atoms with Crippen molar-refractivity contribution in [1.82, 2.24) is 0 Å². The van der Waals surface area contributed by atoms with Crippen LogP contribution in [0.4, 0.5) is 0 Å². The van der Waals surface area contributed by atoms with Gasteiger partial charge in [0.15, 0.2) is 0 Å². The van der Waals surface area contributed by atoms with Crippen LogP contribution in [0.15, 0.2) is 33.9 Å². The zero-order valence-corrected chi connectivity index (χ0v) is 9.06. The molecule has 0 nitrogen and oxygen atoms in total. The van der Waals surface area contributed by atoms with Gasteiger partial charge >= 0.3 is 0 Å². The highest BCUT2D eigenvalue weighted by Crippen LogP contribution is 2.34. The predicted octanol–water partition coefficient (Wildman–Crippen LogP) is 4.20. The van der Waals surface area contributed by atoms with Crippen molar-refractivity contribution in [2.45, 2.75) is 4.21 Å². The van der Waals surface area contributed by atoms with E-state index in [1.807, 2.05) is 23.1 Å². The summed E-state index contributed by atoms with van der Waals surface area (Å²) >= 11 is 5.48. The molecule has 2 aromatic heterocycles. The van der Waals surface area contributed by atoms with Gasteiger partial charge in [-0.1, -0.05) is 6.07 Å². The zero-order valence-electron chi connectivity index (χ0n) is 6.61. The van der Waals surface area contributed by atoms with Gasteiger partial charge in [-0.2, -0.15) is 0 Å². The van der Waals surface area contributed by atoms with Crippen LogP contribution in [0.1, 0.15) is 0 Å². The van der Waals surface area contributed by atoms with Crippen molar-refractivity contribution in [1.29, 1.82) is 0 Å². The Kier molecular flexibility index (Phi) is 2.54. The molecule has 3 heteroatoms. The van der Waals surface area contributed by atoms with Crippen LogP contribution in [0.3, 0.4) is 0 Å². The van der Waals surface area contributed by atoms with Crippen LogP contribution in [0.25, 0.3) is 9.75 Å². The van der Waals surface area contributed by atoms with E-state index in [9.17, 15) is 0 Å². The summed E-state index contributed by atoms with van der Waals surface area (Å²) in [5.74, 6) is 0. The summed E-state index contributed by atoms with van der Waals surface area (Å²) in [6, 6.07) is 8.64. The first-order valence-electron chi connectivity index (χ1n) is 3.58. The maximum Gasteiger partial charge on any atom is 0.0602 e. The van der Waals surface area contributed by atoms with Crippen molar-refractivity contribution < 1.29 is 0 Å². The lowest BCUT2D eigenvalue weighted by molar-refractivity contribution is 1.74. The topological polar surface area (TPSA) is 0 Å². The Labute approximate surface area is 84.3 Å². The molecule has 2 aromatic rings. The van der Waals surface area contributed by atoms with E-state index >= 15 is 0 Å². The molecule has 0 spiro atoms. The quantitative estimate of drug-likeness (QED) is 0.672. The van der Waals surface area contributed by atoms with Gasteiger partial charge < -0.3 is 0 Å². The summed E-state index contributed by atoms with van der Waals surface area (Å²) in [5, 5.41) is 2.12. The van der Waals surface area contributed by atoms with E-state index in [1.165, 1.54) is 14.0 Å². The average Bonchev–Trinajstić information content (AvgIpc) is 2.75. The minimum absolute atomic E-state index is 1.38. The Morgan fingerprint density at radius 1 is 1.17 bits per heavy atom. The van der Waals surface area contributed by atoms with Crippen LogP contribution >= 0.6 is 34.4 Å². The fourth-order valence-corrected chi connectivity index (χ4v) is 3.36. The third kappa shape index (κ3) is 1.58. The maximum absolute atomic E-state index is 2.20. The normalized spacial score (nSPS) is 10.4. The molecular weight excluding hydrogens is 204 g/mol. The number of hydrogen-bond acceptors (Lipinski definition) is 3. The SMILES string of the molecule is CSc1ccc(-c2cccs2)s1. The molecule has 0 N–H and O–H groups in total. The van der Waals surface area contributed by atoms with Crippen molar-refractivity contribution >= 4 is 34.4 Å². The molecular formula is C9H8S3. The number of hydrogen-bond donors (Lipinski definition) is 0. The monoisotopic (exact) mass is 212 g/mol. The molecule has 0 fully saturated rings. The summed E-state index contributed by atoms with van der Waals surface area (Å²) in [5.41, 5.74) is 0. The molecule has 0 aliphatic rings. The average molecular weight is 212 g/mol. The summed E-state index contributed by atoms with van der Waals surface area (Å²) in [7, 11) is 0. The largest absolute Gasteiger partial charge is 0.143 e. The predicted molar refractivity (Wildman–Crippen MR) is 59.4 cm³/mol. The Morgan fingerprint density at radius 3 is 2.67 bits per heavy atom. The lowest BCUT2D eigenvalue weighted by Gasteiger charge is -1.87. The van der Waals surface area contributed by atoms with Gasteiger partial charge in [0.2, 0.25) is 0 Å². The van der Waals surface area contributed by atoms with E-state index in [2.05, 4.69) is 35.9 Å². The molecule has 0 amide bonds. The van der Waals surface area contributed by atoms with Crippen LogP contribution in [-0.4, -0.2) is 6.26 Å². The van der Waals surface area contributed by atoms with E-state index in [0.29, 0.717) is 0 Å². The first-order valence-corrected chi connectivity index (χ1v) is 6.50. The van der Waals surface area contributed by atoms with Gasteiger partial charge in [-0.25, -0.2) is 0 Å². The van der Waals surface area contributed by atoms with E-state index in [-0.39, 0.29) is 0 Å². The lowest BCUT2D eigenvalue weighted by Crippen LogP contribution is -1.55. The second-order valence-electron chi connectivity index (χ2n) is 2.30. The molecule has 0 bridgehead atoms. The van der Waals surface area contributed by atoms with Gasteiger partial charge in [-0.3, -0.25) is 0 Å². The van der Waals surface area contributed by atoms with Crippen LogP contribution in [0, 0.1) is 0 Å². The van der Waals surface area contributed by atoms with Crippen molar-refractivity contribution in [3.05, 3.63) is 29.6 Å². The van der Waals surface area contributed by atoms with E-state index in [4.69, 9.17) is 0 Å². The highest BCUT2D eigenvalue weighted by atomic mass is 32.2. The first kappa shape index (κ1) is 8.35. The van der Waals surface area contributed by atoms with E-state index in [0.717, 1.165) is 0 Å². The molecule has 0 saturated carbocycles.